The van der Waals surface area contributed by atoms with E-state index in [9.17, 15) is 0 Å². The summed E-state index contributed by atoms with van der Waals surface area (Å²) >= 11 is 0. The van der Waals surface area contributed by atoms with E-state index in [1.165, 1.54) is 10.8 Å². The van der Waals surface area contributed by atoms with Gasteiger partial charge in [-0.1, -0.05) is 133 Å². The van der Waals surface area contributed by atoms with Gasteiger partial charge in [-0.25, -0.2) is 15.0 Å². The summed E-state index contributed by atoms with van der Waals surface area (Å²) in [6.45, 7) is 0. The first-order valence-corrected chi connectivity index (χ1v) is 17.1. The molecule has 0 N–H and O–H groups in total. The van der Waals surface area contributed by atoms with Crippen molar-refractivity contribution >= 4 is 43.5 Å². The highest BCUT2D eigenvalue weighted by atomic mass is 16.3. The summed E-state index contributed by atoms with van der Waals surface area (Å²) in [5.74, 6) is 1.93. The molecule has 4 heteroatoms. The van der Waals surface area contributed by atoms with Crippen LogP contribution in [-0.4, -0.2) is 15.0 Å². The van der Waals surface area contributed by atoms with Crippen LogP contribution in [0.4, 0.5) is 0 Å². The second-order valence-electron chi connectivity index (χ2n) is 12.9. The monoisotopic (exact) mass is 651 g/mol. The third kappa shape index (κ3) is 5.22. The number of benzene rings is 8. The van der Waals surface area contributed by atoms with Crippen LogP contribution in [-0.2, 0) is 0 Å². The summed E-state index contributed by atoms with van der Waals surface area (Å²) < 4.78 is 6.30. The average Bonchev–Trinajstić information content (AvgIpc) is 3.56. The fourth-order valence-corrected chi connectivity index (χ4v) is 7.11. The lowest BCUT2D eigenvalue weighted by atomic mass is 9.94. The summed E-state index contributed by atoms with van der Waals surface area (Å²) in [7, 11) is 0. The molecule has 0 saturated heterocycles. The topological polar surface area (TPSA) is 51.8 Å². The van der Waals surface area contributed by atoms with Crippen molar-refractivity contribution in [2.75, 3.05) is 0 Å². The zero-order chi connectivity index (χ0) is 33.7. The van der Waals surface area contributed by atoms with E-state index in [2.05, 4.69) is 115 Å². The molecule has 0 aliphatic rings. The van der Waals surface area contributed by atoms with Crippen molar-refractivity contribution in [3.05, 3.63) is 176 Å². The van der Waals surface area contributed by atoms with Gasteiger partial charge in [-0.15, -0.1) is 0 Å². The first kappa shape index (κ1) is 29.0. The van der Waals surface area contributed by atoms with Crippen LogP contribution in [0.25, 0.3) is 99.9 Å². The molecule has 8 aromatic carbocycles. The Labute approximate surface area is 294 Å². The first-order chi connectivity index (χ1) is 25.2. The first-order valence-electron chi connectivity index (χ1n) is 17.1. The van der Waals surface area contributed by atoms with Crippen LogP contribution in [0.15, 0.2) is 180 Å². The number of fused-ring (bicyclic) bond motifs is 5. The number of nitrogens with zero attached hydrogens (tertiary/aromatic N) is 3. The van der Waals surface area contributed by atoms with Gasteiger partial charge in [-0.3, -0.25) is 0 Å². The summed E-state index contributed by atoms with van der Waals surface area (Å²) in [5, 5.41) is 6.84. The molecule has 2 aromatic heterocycles. The smallest absolute Gasteiger partial charge is 0.164 e. The van der Waals surface area contributed by atoms with Crippen LogP contribution in [0.1, 0.15) is 0 Å². The Balaban J connectivity index is 1.12. The van der Waals surface area contributed by atoms with Gasteiger partial charge in [-0.05, 0) is 86.3 Å². The van der Waals surface area contributed by atoms with Crippen molar-refractivity contribution in [3.63, 3.8) is 0 Å². The van der Waals surface area contributed by atoms with E-state index in [0.717, 1.165) is 71.7 Å². The van der Waals surface area contributed by atoms with Gasteiger partial charge in [0.1, 0.15) is 11.2 Å². The number of hydrogen-bond acceptors (Lipinski definition) is 4. The molecular weight excluding hydrogens is 623 g/mol. The maximum Gasteiger partial charge on any atom is 0.164 e. The second-order valence-corrected chi connectivity index (χ2v) is 12.9. The van der Waals surface area contributed by atoms with Crippen molar-refractivity contribution in [3.8, 4) is 56.4 Å². The van der Waals surface area contributed by atoms with E-state index in [0.29, 0.717) is 17.5 Å². The fourth-order valence-electron chi connectivity index (χ4n) is 7.11. The van der Waals surface area contributed by atoms with E-state index in [4.69, 9.17) is 19.4 Å². The minimum atomic E-state index is 0.640. The largest absolute Gasteiger partial charge is 0.456 e. The zero-order valence-electron chi connectivity index (χ0n) is 27.5. The van der Waals surface area contributed by atoms with Crippen molar-refractivity contribution in [1.29, 1.82) is 0 Å². The quantitative estimate of drug-likeness (QED) is 0.186. The molecule has 4 nitrogen and oxygen atoms in total. The van der Waals surface area contributed by atoms with E-state index in [1.54, 1.807) is 0 Å². The Bertz CT molecular complexity index is 2860. The van der Waals surface area contributed by atoms with Crippen molar-refractivity contribution in [1.82, 2.24) is 15.0 Å². The standard InChI is InChI=1S/C47H29N3O/c1-3-12-30(13-4-1)45-48-46(31-14-5-2-6-15-31)50-47(49-45)42-28-38(25-37-18-9-10-21-39(37)42)33-20-11-19-32(24-33)36-22-23-43-40(27-36)41-26-34-16-7-8-17-35(34)29-44(41)51-43/h1-29H. The van der Waals surface area contributed by atoms with Crippen molar-refractivity contribution in [2.24, 2.45) is 0 Å². The average molecular weight is 652 g/mol. The van der Waals surface area contributed by atoms with Crippen LogP contribution < -0.4 is 0 Å². The van der Waals surface area contributed by atoms with E-state index in [-0.39, 0.29) is 0 Å². The normalized spacial score (nSPS) is 11.5. The summed E-state index contributed by atoms with van der Waals surface area (Å²) in [6, 6.07) is 61.2. The van der Waals surface area contributed by atoms with E-state index in [1.807, 2.05) is 60.7 Å². The Morgan fingerprint density at radius 3 is 1.57 bits per heavy atom. The Hall–Kier alpha value is -6.91. The molecule has 0 spiro atoms. The van der Waals surface area contributed by atoms with E-state index >= 15 is 0 Å². The minimum Gasteiger partial charge on any atom is -0.456 e. The highest BCUT2D eigenvalue weighted by Gasteiger charge is 2.16. The molecule has 0 aliphatic carbocycles. The predicted molar refractivity (Wildman–Crippen MR) is 209 cm³/mol. The van der Waals surface area contributed by atoms with Gasteiger partial charge in [-0.2, -0.15) is 0 Å². The molecular formula is C47H29N3O. The molecule has 0 aliphatic heterocycles. The van der Waals surface area contributed by atoms with Gasteiger partial charge in [0.15, 0.2) is 17.5 Å². The molecule has 10 rings (SSSR count). The molecule has 2 heterocycles. The summed E-state index contributed by atoms with van der Waals surface area (Å²) in [6.07, 6.45) is 0. The molecule has 238 valence electrons. The van der Waals surface area contributed by atoms with Gasteiger partial charge in [0, 0.05) is 27.5 Å². The van der Waals surface area contributed by atoms with Crippen molar-refractivity contribution < 1.29 is 4.42 Å². The summed E-state index contributed by atoms with van der Waals surface area (Å²) in [4.78, 5) is 15.1. The number of rotatable bonds is 5. The van der Waals surface area contributed by atoms with Gasteiger partial charge < -0.3 is 4.42 Å². The third-order valence-corrected chi connectivity index (χ3v) is 9.67. The maximum atomic E-state index is 6.30. The van der Waals surface area contributed by atoms with Gasteiger partial charge in [0.2, 0.25) is 0 Å². The van der Waals surface area contributed by atoms with Gasteiger partial charge in [0.05, 0.1) is 0 Å². The molecule has 51 heavy (non-hydrogen) atoms. The van der Waals surface area contributed by atoms with E-state index < -0.39 is 0 Å². The molecule has 0 unspecified atom stereocenters. The van der Waals surface area contributed by atoms with Crippen LogP contribution in [0.5, 0.6) is 0 Å². The fraction of sp³-hybridized carbons (Fsp3) is 0. The summed E-state index contributed by atoms with van der Waals surface area (Å²) in [5.41, 5.74) is 9.13. The SMILES string of the molecule is c1ccc(-c2nc(-c3ccccc3)nc(-c3cc(-c4cccc(-c5ccc6oc7cc8ccccc8cc7c6c5)c4)cc4ccccc34)n2)cc1. The molecule has 0 fully saturated rings. The van der Waals surface area contributed by atoms with Gasteiger partial charge >= 0.3 is 0 Å². The molecule has 0 saturated carbocycles. The predicted octanol–water partition coefficient (Wildman–Crippen LogP) is 12.4. The van der Waals surface area contributed by atoms with Crippen molar-refractivity contribution in [2.45, 2.75) is 0 Å². The zero-order valence-corrected chi connectivity index (χ0v) is 27.5. The third-order valence-electron chi connectivity index (χ3n) is 9.67. The lowest BCUT2D eigenvalue weighted by Gasteiger charge is -2.13. The Morgan fingerprint density at radius 2 is 0.843 bits per heavy atom. The van der Waals surface area contributed by atoms with Gasteiger partial charge in [0.25, 0.3) is 0 Å². The highest BCUT2D eigenvalue weighted by molar-refractivity contribution is 6.11. The van der Waals surface area contributed by atoms with Crippen LogP contribution in [0.3, 0.4) is 0 Å². The molecule has 0 atom stereocenters. The maximum absolute atomic E-state index is 6.30. The van der Waals surface area contributed by atoms with Crippen LogP contribution in [0, 0.1) is 0 Å². The Kier molecular flexibility index (Phi) is 6.78. The lowest BCUT2D eigenvalue weighted by molar-refractivity contribution is 0.669. The second kappa shape index (κ2) is 11.9. The molecule has 0 radical (unpaired) electrons. The van der Waals surface area contributed by atoms with Crippen LogP contribution in [0.2, 0.25) is 0 Å². The number of aromatic nitrogens is 3. The lowest BCUT2D eigenvalue weighted by Crippen LogP contribution is -2.00. The molecule has 0 amide bonds. The molecule has 10 aromatic rings. The molecule has 0 bridgehead atoms. The number of hydrogen-bond donors (Lipinski definition) is 0. The Morgan fingerprint density at radius 1 is 0.294 bits per heavy atom. The number of furan rings is 1. The highest BCUT2D eigenvalue weighted by Crippen LogP contribution is 2.38. The van der Waals surface area contributed by atoms with Crippen LogP contribution >= 0.6 is 0 Å². The minimum absolute atomic E-state index is 0.640.